The molecular weight excluding hydrogens is 208 g/mol. The summed E-state index contributed by atoms with van der Waals surface area (Å²) in [6, 6.07) is 6.20. The molecule has 1 aromatic carbocycles. The van der Waals surface area contributed by atoms with Gasteiger partial charge in [-0.1, -0.05) is 18.5 Å². The maximum Gasteiger partial charge on any atom is 0.0577 e. The maximum atomic E-state index is 5.89. The third-order valence-corrected chi connectivity index (χ3v) is 3.30. The molecule has 0 aliphatic heterocycles. The van der Waals surface area contributed by atoms with Crippen molar-refractivity contribution in [2.24, 2.45) is 5.92 Å². The van der Waals surface area contributed by atoms with E-state index in [4.69, 9.17) is 17.3 Å². The summed E-state index contributed by atoms with van der Waals surface area (Å²) in [7, 11) is 0. The van der Waals surface area contributed by atoms with Crippen molar-refractivity contribution in [2.75, 3.05) is 11.1 Å². The van der Waals surface area contributed by atoms with Crippen LogP contribution in [0.5, 0.6) is 0 Å². The van der Waals surface area contributed by atoms with Crippen molar-refractivity contribution in [3.8, 4) is 0 Å². The third-order valence-electron chi connectivity index (χ3n) is 3.07. The normalized spacial score (nSPS) is 25.5. The molecule has 1 saturated carbocycles. The van der Waals surface area contributed by atoms with Gasteiger partial charge in [0, 0.05) is 11.1 Å². The van der Waals surface area contributed by atoms with Crippen molar-refractivity contribution in [1.82, 2.24) is 0 Å². The number of anilines is 2. The summed E-state index contributed by atoms with van der Waals surface area (Å²) in [4.78, 5) is 0. The predicted octanol–water partition coefficient (Wildman–Crippen LogP) is 3.52. The lowest BCUT2D eigenvalue weighted by atomic mass is 10.1. The SMILES string of the molecule is CC1CCC(Nc2ccc(Cl)cc2N)C1. The van der Waals surface area contributed by atoms with Crippen molar-refractivity contribution in [1.29, 1.82) is 0 Å². The number of halogens is 1. The quantitative estimate of drug-likeness (QED) is 0.755. The van der Waals surface area contributed by atoms with Gasteiger partial charge in [-0.2, -0.15) is 0 Å². The fourth-order valence-electron chi connectivity index (χ4n) is 2.22. The van der Waals surface area contributed by atoms with Crippen LogP contribution in [0.4, 0.5) is 11.4 Å². The lowest BCUT2D eigenvalue weighted by molar-refractivity contribution is 0.603. The van der Waals surface area contributed by atoms with Crippen LogP contribution >= 0.6 is 11.6 Å². The molecule has 0 aromatic heterocycles. The van der Waals surface area contributed by atoms with Crippen LogP contribution in [0.25, 0.3) is 0 Å². The van der Waals surface area contributed by atoms with Crippen molar-refractivity contribution < 1.29 is 0 Å². The van der Waals surface area contributed by atoms with Gasteiger partial charge in [0.15, 0.2) is 0 Å². The lowest BCUT2D eigenvalue weighted by Gasteiger charge is -2.15. The van der Waals surface area contributed by atoms with Crippen LogP contribution in [-0.2, 0) is 0 Å². The Hall–Kier alpha value is -0.890. The highest BCUT2D eigenvalue weighted by Gasteiger charge is 2.21. The van der Waals surface area contributed by atoms with E-state index < -0.39 is 0 Å². The Labute approximate surface area is 95.8 Å². The molecule has 3 heteroatoms. The Morgan fingerprint density at radius 2 is 2.20 bits per heavy atom. The average Bonchev–Trinajstić information content (AvgIpc) is 2.56. The first-order valence-corrected chi connectivity index (χ1v) is 5.84. The summed E-state index contributed by atoms with van der Waals surface area (Å²) in [6.45, 7) is 2.30. The van der Waals surface area contributed by atoms with Crippen molar-refractivity contribution in [2.45, 2.75) is 32.2 Å². The van der Waals surface area contributed by atoms with Crippen LogP contribution in [0.15, 0.2) is 18.2 Å². The van der Waals surface area contributed by atoms with Crippen molar-refractivity contribution >= 4 is 23.0 Å². The molecule has 2 rings (SSSR count). The minimum absolute atomic E-state index is 0.573. The van der Waals surface area contributed by atoms with Gasteiger partial charge in [0.05, 0.1) is 11.4 Å². The van der Waals surface area contributed by atoms with Crippen LogP contribution in [0.3, 0.4) is 0 Å². The number of hydrogen-bond donors (Lipinski definition) is 2. The van der Waals surface area contributed by atoms with E-state index in [9.17, 15) is 0 Å². The number of nitrogen functional groups attached to an aromatic ring is 1. The summed E-state index contributed by atoms with van der Waals surface area (Å²) in [5.74, 6) is 0.830. The molecule has 15 heavy (non-hydrogen) atoms. The zero-order chi connectivity index (χ0) is 10.8. The fourth-order valence-corrected chi connectivity index (χ4v) is 2.40. The Balaban J connectivity index is 2.04. The van der Waals surface area contributed by atoms with E-state index in [-0.39, 0.29) is 0 Å². The average molecular weight is 225 g/mol. The Kier molecular flexibility index (Phi) is 3.06. The van der Waals surface area contributed by atoms with Gasteiger partial charge in [0.1, 0.15) is 0 Å². The van der Waals surface area contributed by atoms with E-state index in [0.717, 1.165) is 17.3 Å². The molecule has 0 amide bonds. The first kappa shape index (κ1) is 10.6. The number of nitrogens with one attached hydrogen (secondary N) is 1. The lowest BCUT2D eigenvalue weighted by Crippen LogP contribution is -2.16. The molecule has 2 atom stereocenters. The topological polar surface area (TPSA) is 38.0 Å². The highest BCUT2D eigenvalue weighted by atomic mass is 35.5. The van der Waals surface area contributed by atoms with Crippen LogP contribution < -0.4 is 11.1 Å². The maximum absolute atomic E-state index is 5.89. The largest absolute Gasteiger partial charge is 0.397 e. The van der Waals surface area contributed by atoms with Crippen molar-refractivity contribution in [3.63, 3.8) is 0 Å². The van der Waals surface area contributed by atoms with Gasteiger partial charge >= 0.3 is 0 Å². The molecule has 0 saturated heterocycles. The fraction of sp³-hybridized carbons (Fsp3) is 0.500. The number of nitrogens with two attached hydrogens (primary N) is 1. The zero-order valence-electron chi connectivity index (χ0n) is 8.96. The Morgan fingerprint density at radius 3 is 2.80 bits per heavy atom. The first-order chi connectivity index (χ1) is 7.15. The number of hydrogen-bond acceptors (Lipinski definition) is 2. The molecule has 0 radical (unpaired) electrons. The number of rotatable bonds is 2. The Bertz CT molecular complexity index is 351. The second-order valence-electron chi connectivity index (χ2n) is 4.49. The molecule has 0 heterocycles. The molecule has 1 aromatic rings. The zero-order valence-corrected chi connectivity index (χ0v) is 9.72. The summed E-state index contributed by atoms with van der Waals surface area (Å²) in [6.07, 6.45) is 3.79. The molecule has 2 nitrogen and oxygen atoms in total. The second-order valence-corrected chi connectivity index (χ2v) is 4.93. The molecule has 1 aliphatic rings. The van der Waals surface area contributed by atoms with E-state index in [0.29, 0.717) is 11.1 Å². The van der Waals surface area contributed by atoms with Crippen LogP contribution in [-0.4, -0.2) is 6.04 Å². The third kappa shape index (κ3) is 2.57. The molecular formula is C12H17ClN2. The molecule has 2 unspecified atom stereocenters. The Morgan fingerprint density at radius 1 is 1.40 bits per heavy atom. The van der Waals surface area contributed by atoms with Gasteiger partial charge in [-0.15, -0.1) is 0 Å². The van der Waals surface area contributed by atoms with E-state index in [1.165, 1.54) is 19.3 Å². The van der Waals surface area contributed by atoms with E-state index >= 15 is 0 Å². The van der Waals surface area contributed by atoms with Crippen LogP contribution in [0, 0.1) is 5.92 Å². The van der Waals surface area contributed by atoms with Gasteiger partial charge in [0.2, 0.25) is 0 Å². The molecule has 1 aliphatic carbocycles. The highest BCUT2D eigenvalue weighted by Crippen LogP contribution is 2.30. The van der Waals surface area contributed by atoms with E-state index in [1.807, 2.05) is 12.1 Å². The van der Waals surface area contributed by atoms with Crippen molar-refractivity contribution in [3.05, 3.63) is 23.2 Å². The summed E-state index contributed by atoms with van der Waals surface area (Å²) in [5, 5.41) is 4.18. The standard InChI is InChI=1S/C12H17ClN2/c1-8-2-4-10(6-8)15-12-5-3-9(13)7-11(12)14/h3,5,7-8,10,15H,2,4,6,14H2,1H3. The van der Waals surface area contributed by atoms with E-state index in [1.54, 1.807) is 6.07 Å². The molecule has 82 valence electrons. The highest BCUT2D eigenvalue weighted by molar-refractivity contribution is 6.31. The van der Waals surface area contributed by atoms with Gasteiger partial charge in [0.25, 0.3) is 0 Å². The number of benzene rings is 1. The minimum Gasteiger partial charge on any atom is -0.397 e. The summed E-state index contributed by atoms with van der Waals surface area (Å²) < 4.78 is 0. The van der Waals surface area contributed by atoms with Crippen LogP contribution in [0.1, 0.15) is 26.2 Å². The van der Waals surface area contributed by atoms with Gasteiger partial charge in [-0.3, -0.25) is 0 Å². The minimum atomic E-state index is 0.573. The van der Waals surface area contributed by atoms with Gasteiger partial charge in [-0.05, 0) is 43.4 Å². The smallest absolute Gasteiger partial charge is 0.0577 e. The molecule has 3 N–H and O–H groups in total. The van der Waals surface area contributed by atoms with E-state index in [2.05, 4.69) is 12.2 Å². The summed E-state index contributed by atoms with van der Waals surface area (Å²) >= 11 is 5.85. The molecule has 1 fully saturated rings. The molecule has 0 spiro atoms. The summed E-state index contributed by atoms with van der Waals surface area (Å²) in [5.41, 5.74) is 7.64. The van der Waals surface area contributed by atoms with Gasteiger partial charge < -0.3 is 11.1 Å². The van der Waals surface area contributed by atoms with Gasteiger partial charge in [-0.25, -0.2) is 0 Å². The molecule has 0 bridgehead atoms. The second kappa shape index (κ2) is 4.31. The monoisotopic (exact) mass is 224 g/mol. The first-order valence-electron chi connectivity index (χ1n) is 5.46. The predicted molar refractivity (Wildman–Crippen MR) is 66.3 cm³/mol. The van der Waals surface area contributed by atoms with Crippen LogP contribution in [0.2, 0.25) is 5.02 Å².